The molecule has 0 spiro atoms. The molecule has 23 heavy (non-hydrogen) atoms. The number of urea groups is 1. The van der Waals surface area contributed by atoms with Crippen molar-refractivity contribution in [2.24, 2.45) is 0 Å². The first-order chi connectivity index (χ1) is 11.2. The fourth-order valence-electron chi connectivity index (χ4n) is 2.04. The van der Waals surface area contributed by atoms with Gasteiger partial charge in [0.25, 0.3) is 0 Å². The van der Waals surface area contributed by atoms with Crippen LogP contribution in [0.3, 0.4) is 0 Å². The zero-order valence-corrected chi connectivity index (χ0v) is 13.6. The highest BCUT2D eigenvalue weighted by molar-refractivity contribution is 6.30. The summed E-state index contributed by atoms with van der Waals surface area (Å²) >= 11 is 5.88. The lowest BCUT2D eigenvalue weighted by molar-refractivity contribution is 0.242. The summed E-state index contributed by atoms with van der Waals surface area (Å²) in [6.45, 7) is 0.944. The van der Waals surface area contributed by atoms with Crippen LogP contribution in [-0.4, -0.2) is 19.1 Å². The second-order valence-electron chi connectivity index (χ2n) is 5.01. The van der Waals surface area contributed by atoms with Crippen molar-refractivity contribution in [3.8, 4) is 11.8 Å². The summed E-state index contributed by atoms with van der Waals surface area (Å²) in [4.78, 5) is 11.6. The second-order valence-corrected chi connectivity index (χ2v) is 5.45. The van der Waals surface area contributed by atoms with Crippen LogP contribution in [-0.2, 0) is 6.42 Å². The van der Waals surface area contributed by atoms with E-state index < -0.39 is 0 Å². The van der Waals surface area contributed by atoms with Crippen LogP contribution < -0.4 is 10.6 Å². The Morgan fingerprint density at radius 1 is 1.04 bits per heavy atom. The van der Waals surface area contributed by atoms with Gasteiger partial charge in [-0.15, -0.1) is 0 Å². The zero-order chi connectivity index (χ0) is 16.3. The average molecular weight is 327 g/mol. The van der Waals surface area contributed by atoms with Gasteiger partial charge in [-0.25, -0.2) is 4.79 Å². The molecule has 4 heteroatoms. The van der Waals surface area contributed by atoms with Crippen molar-refractivity contribution in [2.45, 2.75) is 12.8 Å². The van der Waals surface area contributed by atoms with E-state index in [4.69, 9.17) is 11.6 Å². The predicted octanol–water partition coefficient (Wildman–Crippen LogP) is 3.62. The summed E-state index contributed by atoms with van der Waals surface area (Å²) in [5.74, 6) is 5.85. The molecule has 3 nitrogen and oxygen atoms in total. The summed E-state index contributed by atoms with van der Waals surface area (Å²) in [7, 11) is 0. The Morgan fingerprint density at radius 2 is 1.87 bits per heavy atom. The Morgan fingerprint density at radius 3 is 2.65 bits per heavy atom. The molecule has 0 aliphatic heterocycles. The molecule has 0 bridgehead atoms. The maximum absolute atomic E-state index is 11.6. The van der Waals surface area contributed by atoms with Crippen LogP contribution in [0.15, 0.2) is 54.6 Å². The van der Waals surface area contributed by atoms with Crippen LogP contribution in [0, 0.1) is 11.8 Å². The molecule has 0 saturated carbocycles. The van der Waals surface area contributed by atoms with Gasteiger partial charge in [-0.05, 0) is 36.6 Å². The van der Waals surface area contributed by atoms with E-state index in [1.165, 1.54) is 5.56 Å². The fourth-order valence-corrected chi connectivity index (χ4v) is 2.23. The van der Waals surface area contributed by atoms with Gasteiger partial charge < -0.3 is 10.6 Å². The standard InChI is InChI=1S/C19H19ClN2O/c20-18-12-4-9-17(15-18)11-6-14-22-19(23)21-13-5-10-16-7-2-1-3-8-16/h1-4,7-9,12,15H,5,10,13-14H2,(H2,21,22,23). The van der Waals surface area contributed by atoms with Crippen LogP contribution in [0.4, 0.5) is 4.79 Å². The molecule has 2 aromatic carbocycles. The van der Waals surface area contributed by atoms with E-state index in [0.717, 1.165) is 18.4 Å². The summed E-state index contributed by atoms with van der Waals surface area (Å²) in [5.41, 5.74) is 2.12. The summed E-state index contributed by atoms with van der Waals surface area (Å²) in [6, 6.07) is 17.3. The summed E-state index contributed by atoms with van der Waals surface area (Å²) in [6.07, 6.45) is 1.86. The highest BCUT2D eigenvalue weighted by Gasteiger charge is 1.97. The van der Waals surface area contributed by atoms with Crippen LogP contribution in [0.1, 0.15) is 17.5 Å². The van der Waals surface area contributed by atoms with Crippen molar-refractivity contribution in [1.29, 1.82) is 0 Å². The average Bonchev–Trinajstić information content (AvgIpc) is 2.57. The molecule has 118 valence electrons. The first-order valence-corrected chi connectivity index (χ1v) is 7.92. The van der Waals surface area contributed by atoms with Gasteiger partial charge >= 0.3 is 6.03 Å². The van der Waals surface area contributed by atoms with Gasteiger partial charge in [-0.1, -0.05) is 59.8 Å². The number of halogens is 1. The number of aryl methyl sites for hydroxylation is 1. The second kappa shape index (κ2) is 9.55. The number of amides is 2. The van der Waals surface area contributed by atoms with Crippen molar-refractivity contribution < 1.29 is 4.79 Å². The maximum Gasteiger partial charge on any atom is 0.315 e. The van der Waals surface area contributed by atoms with E-state index in [1.54, 1.807) is 12.1 Å². The third-order valence-corrected chi connectivity index (χ3v) is 3.40. The summed E-state index contributed by atoms with van der Waals surface area (Å²) < 4.78 is 0. The maximum atomic E-state index is 11.6. The molecule has 0 atom stereocenters. The molecule has 0 radical (unpaired) electrons. The van der Waals surface area contributed by atoms with Gasteiger partial charge in [-0.2, -0.15) is 0 Å². The fraction of sp³-hybridized carbons (Fsp3) is 0.211. The molecule has 0 unspecified atom stereocenters. The van der Waals surface area contributed by atoms with Crippen molar-refractivity contribution in [1.82, 2.24) is 10.6 Å². The predicted molar refractivity (Wildman–Crippen MR) is 94.5 cm³/mol. The van der Waals surface area contributed by atoms with Crippen LogP contribution in [0.25, 0.3) is 0 Å². The van der Waals surface area contributed by atoms with Gasteiger partial charge in [0.05, 0.1) is 6.54 Å². The van der Waals surface area contributed by atoms with E-state index >= 15 is 0 Å². The SMILES string of the molecule is O=C(NCC#Cc1cccc(Cl)c1)NCCCc1ccccc1. The molecule has 2 amide bonds. The number of hydrogen-bond donors (Lipinski definition) is 2. The number of nitrogens with one attached hydrogen (secondary N) is 2. The van der Waals surface area contributed by atoms with E-state index in [1.807, 2.05) is 30.3 Å². The number of carbonyl (C=O) groups is 1. The lowest BCUT2D eigenvalue weighted by Gasteiger charge is -2.05. The summed E-state index contributed by atoms with van der Waals surface area (Å²) in [5, 5.41) is 6.18. The molecule has 0 aromatic heterocycles. The highest BCUT2D eigenvalue weighted by atomic mass is 35.5. The Kier molecular flexibility index (Phi) is 7.03. The molecule has 2 aromatic rings. The van der Waals surface area contributed by atoms with E-state index in [9.17, 15) is 4.79 Å². The Bertz CT molecular complexity index is 689. The first kappa shape index (κ1) is 16.9. The third-order valence-electron chi connectivity index (χ3n) is 3.17. The molecule has 0 aliphatic carbocycles. The minimum Gasteiger partial charge on any atom is -0.338 e. The molecular formula is C19H19ClN2O. The van der Waals surface area contributed by atoms with Crippen molar-refractivity contribution in [3.05, 3.63) is 70.7 Å². The van der Waals surface area contributed by atoms with Crippen molar-refractivity contribution in [2.75, 3.05) is 13.1 Å². The minimum atomic E-state index is -0.196. The molecule has 0 heterocycles. The van der Waals surface area contributed by atoms with Gasteiger partial charge in [0, 0.05) is 17.1 Å². The smallest absolute Gasteiger partial charge is 0.315 e. The van der Waals surface area contributed by atoms with E-state index in [-0.39, 0.29) is 6.03 Å². The Balaban J connectivity index is 1.60. The largest absolute Gasteiger partial charge is 0.338 e. The van der Waals surface area contributed by atoms with Gasteiger partial charge in [0.1, 0.15) is 0 Å². The monoisotopic (exact) mass is 326 g/mol. The van der Waals surface area contributed by atoms with Crippen LogP contribution in [0.2, 0.25) is 5.02 Å². The number of carbonyl (C=O) groups excluding carboxylic acids is 1. The lowest BCUT2D eigenvalue weighted by Crippen LogP contribution is -2.36. The molecular weight excluding hydrogens is 308 g/mol. The van der Waals surface area contributed by atoms with E-state index in [0.29, 0.717) is 18.1 Å². The molecule has 0 saturated heterocycles. The lowest BCUT2D eigenvalue weighted by atomic mass is 10.1. The Hall–Kier alpha value is -2.44. The van der Waals surface area contributed by atoms with Crippen LogP contribution >= 0.6 is 11.6 Å². The highest BCUT2D eigenvalue weighted by Crippen LogP contribution is 2.09. The topological polar surface area (TPSA) is 41.1 Å². The third kappa shape index (κ3) is 6.90. The normalized spacial score (nSPS) is 9.61. The Labute approximate surface area is 142 Å². The molecule has 0 aliphatic rings. The van der Waals surface area contributed by atoms with Gasteiger partial charge in [0.15, 0.2) is 0 Å². The first-order valence-electron chi connectivity index (χ1n) is 7.54. The molecule has 2 N–H and O–H groups in total. The zero-order valence-electron chi connectivity index (χ0n) is 12.8. The minimum absolute atomic E-state index is 0.196. The van der Waals surface area contributed by atoms with Crippen molar-refractivity contribution >= 4 is 17.6 Å². The van der Waals surface area contributed by atoms with E-state index in [2.05, 4.69) is 34.6 Å². The number of hydrogen-bond acceptors (Lipinski definition) is 1. The van der Waals surface area contributed by atoms with Crippen molar-refractivity contribution in [3.63, 3.8) is 0 Å². The molecule has 0 fully saturated rings. The van der Waals surface area contributed by atoms with Crippen LogP contribution in [0.5, 0.6) is 0 Å². The molecule has 2 rings (SSSR count). The number of benzene rings is 2. The quantitative estimate of drug-likeness (QED) is 0.639. The van der Waals surface area contributed by atoms with Gasteiger partial charge in [0.2, 0.25) is 0 Å². The number of rotatable bonds is 5. The van der Waals surface area contributed by atoms with Gasteiger partial charge in [-0.3, -0.25) is 0 Å².